The summed E-state index contributed by atoms with van der Waals surface area (Å²) >= 11 is 6.33. The molecule has 0 fully saturated rings. The molecule has 0 radical (unpaired) electrons. The summed E-state index contributed by atoms with van der Waals surface area (Å²) < 4.78 is 1.93. The van der Waals surface area contributed by atoms with Crippen molar-refractivity contribution in [1.82, 2.24) is 14.7 Å². The number of nitrogens with zero attached hydrogens (tertiary/aromatic N) is 3. The number of halogens is 1. The van der Waals surface area contributed by atoms with Gasteiger partial charge in [-0.05, 0) is 33.4 Å². The van der Waals surface area contributed by atoms with Crippen LogP contribution >= 0.6 is 11.6 Å². The molecule has 1 rings (SSSR count). The van der Waals surface area contributed by atoms with Crippen molar-refractivity contribution in [3.05, 3.63) is 16.4 Å². The lowest BCUT2D eigenvalue weighted by atomic mass is 10.2. The van der Waals surface area contributed by atoms with Crippen molar-refractivity contribution < 1.29 is 9.90 Å². The van der Waals surface area contributed by atoms with Crippen LogP contribution in [0.1, 0.15) is 38.1 Å². The fraction of sp³-hybridized carbons (Fsp3) is 0.692. The molecule has 0 atom stereocenters. The second kappa shape index (κ2) is 7.50. The SMILES string of the molecule is CCc1nn(CC)c(CN(C)CCCC(=O)O)c1Cl. The molecule has 1 aromatic heterocycles. The van der Waals surface area contributed by atoms with Crippen LogP contribution in [0.5, 0.6) is 0 Å². The minimum absolute atomic E-state index is 0.200. The number of aryl methyl sites for hydroxylation is 2. The van der Waals surface area contributed by atoms with Gasteiger partial charge in [0.2, 0.25) is 0 Å². The van der Waals surface area contributed by atoms with E-state index >= 15 is 0 Å². The summed E-state index contributed by atoms with van der Waals surface area (Å²) in [5.74, 6) is -0.752. The first kappa shape index (κ1) is 16.0. The number of carbonyl (C=O) groups is 1. The summed E-state index contributed by atoms with van der Waals surface area (Å²) in [7, 11) is 1.97. The molecular formula is C13H22ClN3O2. The van der Waals surface area contributed by atoms with Crippen molar-refractivity contribution in [3.8, 4) is 0 Å². The lowest BCUT2D eigenvalue weighted by Gasteiger charge is -2.17. The van der Waals surface area contributed by atoms with E-state index in [0.29, 0.717) is 13.0 Å². The molecule has 0 aliphatic heterocycles. The zero-order chi connectivity index (χ0) is 14.4. The number of aromatic nitrogens is 2. The molecule has 5 nitrogen and oxygen atoms in total. The summed E-state index contributed by atoms with van der Waals surface area (Å²) in [6.45, 7) is 6.29. The summed E-state index contributed by atoms with van der Waals surface area (Å²) in [6.07, 6.45) is 1.66. The molecule has 0 bridgehead atoms. The number of rotatable bonds is 8. The molecule has 0 aliphatic rings. The number of carboxylic acid groups (broad SMARTS) is 1. The van der Waals surface area contributed by atoms with Crippen molar-refractivity contribution >= 4 is 17.6 Å². The van der Waals surface area contributed by atoms with Crippen molar-refractivity contribution in [2.75, 3.05) is 13.6 Å². The molecule has 0 amide bonds. The van der Waals surface area contributed by atoms with Gasteiger partial charge in [0.05, 0.1) is 16.4 Å². The number of aliphatic carboxylic acids is 1. The van der Waals surface area contributed by atoms with Gasteiger partial charge >= 0.3 is 5.97 Å². The molecule has 1 heterocycles. The maximum atomic E-state index is 10.5. The van der Waals surface area contributed by atoms with Crippen LogP contribution in [-0.4, -0.2) is 39.3 Å². The molecule has 0 saturated heterocycles. The number of hydrogen-bond acceptors (Lipinski definition) is 3. The topological polar surface area (TPSA) is 58.4 Å². The average Bonchev–Trinajstić information content (AvgIpc) is 2.66. The van der Waals surface area contributed by atoms with Gasteiger partial charge in [-0.1, -0.05) is 18.5 Å². The highest BCUT2D eigenvalue weighted by Crippen LogP contribution is 2.22. The van der Waals surface area contributed by atoms with E-state index in [1.165, 1.54) is 0 Å². The number of carboxylic acids is 1. The molecule has 108 valence electrons. The third-order valence-electron chi connectivity index (χ3n) is 3.04. The van der Waals surface area contributed by atoms with E-state index in [2.05, 4.69) is 10.00 Å². The maximum absolute atomic E-state index is 10.5. The summed E-state index contributed by atoms with van der Waals surface area (Å²) in [5, 5.41) is 13.8. The van der Waals surface area contributed by atoms with Crippen LogP contribution in [-0.2, 0) is 24.3 Å². The molecule has 19 heavy (non-hydrogen) atoms. The summed E-state index contributed by atoms with van der Waals surface area (Å²) in [4.78, 5) is 12.6. The molecule has 0 saturated carbocycles. The van der Waals surface area contributed by atoms with Crippen LogP contribution in [0.2, 0.25) is 5.02 Å². The van der Waals surface area contributed by atoms with E-state index in [1.807, 2.05) is 25.6 Å². The van der Waals surface area contributed by atoms with Crippen molar-refractivity contribution in [2.24, 2.45) is 0 Å². The Labute approximate surface area is 119 Å². The van der Waals surface area contributed by atoms with Gasteiger partial charge in [-0.15, -0.1) is 0 Å². The largest absolute Gasteiger partial charge is 0.481 e. The minimum atomic E-state index is -0.752. The smallest absolute Gasteiger partial charge is 0.303 e. The fourth-order valence-corrected chi connectivity index (χ4v) is 2.33. The summed E-state index contributed by atoms with van der Waals surface area (Å²) in [6, 6.07) is 0. The highest BCUT2D eigenvalue weighted by atomic mass is 35.5. The zero-order valence-corrected chi connectivity index (χ0v) is 12.6. The molecule has 0 aromatic carbocycles. The third kappa shape index (κ3) is 4.51. The number of hydrogen-bond donors (Lipinski definition) is 1. The predicted molar refractivity (Wildman–Crippen MR) is 75.5 cm³/mol. The van der Waals surface area contributed by atoms with Crippen LogP contribution in [0, 0.1) is 0 Å². The Morgan fingerprint density at radius 1 is 1.47 bits per heavy atom. The Morgan fingerprint density at radius 3 is 2.68 bits per heavy atom. The van der Waals surface area contributed by atoms with E-state index < -0.39 is 5.97 Å². The van der Waals surface area contributed by atoms with E-state index in [0.717, 1.165) is 35.9 Å². The first-order valence-electron chi connectivity index (χ1n) is 6.63. The van der Waals surface area contributed by atoms with E-state index in [4.69, 9.17) is 16.7 Å². The van der Waals surface area contributed by atoms with Crippen LogP contribution in [0.25, 0.3) is 0 Å². The monoisotopic (exact) mass is 287 g/mol. The van der Waals surface area contributed by atoms with Crippen molar-refractivity contribution in [2.45, 2.75) is 46.2 Å². The van der Waals surface area contributed by atoms with Crippen LogP contribution in [0.15, 0.2) is 0 Å². The van der Waals surface area contributed by atoms with Gasteiger partial charge in [-0.25, -0.2) is 0 Å². The lowest BCUT2D eigenvalue weighted by molar-refractivity contribution is -0.137. The molecule has 1 aromatic rings. The first-order chi connectivity index (χ1) is 8.99. The highest BCUT2D eigenvalue weighted by Gasteiger charge is 2.15. The highest BCUT2D eigenvalue weighted by molar-refractivity contribution is 6.31. The Morgan fingerprint density at radius 2 is 2.16 bits per heavy atom. The normalized spacial score (nSPS) is 11.2. The van der Waals surface area contributed by atoms with Crippen molar-refractivity contribution in [3.63, 3.8) is 0 Å². The lowest BCUT2D eigenvalue weighted by Crippen LogP contribution is -2.22. The Bertz CT molecular complexity index is 432. The first-order valence-corrected chi connectivity index (χ1v) is 7.01. The second-order valence-corrected chi connectivity index (χ2v) is 4.99. The Hall–Kier alpha value is -1.07. The summed E-state index contributed by atoms with van der Waals surface area (Å²) in [5.41, 5.74) is 1.94. The molecule has 1 N–H and O–H groups in total. The van der Waals surface area contributed by atoms with E-state index in [9.17, 15) is 4.79 Å². The molecule has 0 unspecified atom stereocenters. The van der Waals surface area contributed by atoms with E-state index in [1.54, 1.807) is 0 Å². The predicted octanol–water partition coefficient (Wildman–Crippen LogP) is 2.42. The van der Waals surface area contributed by atoms with Crippen LogP contribution in [0.4, 0.5) is 0 Å². The van der Waals surface area contributed by atoms with Gasteiger partial charge < -0.3 is 10.0 Å². The van der Waals surface area contributed by atoms with Gasteiger partial charge in [0, 0.05) is 19.5 Å². The van der Waals surface area contributed by atoms with Gasteiger partial charge in [0.15, 0.2) is 0 Å². The molecular weight excluding hydrogens is 266 g/mol. The zero-order valence-electron chi connectivity index (χ0n) is 11.8. The van der Waals surface area contributed by atoms with Gasteiger partial charge in [0.1, 0.15) is 0 Å². The Balaban J connectivity index is 2.65. The quantitative estimate of drug-likeness (QED) is 0.798. The van der Waals surface area contributed by atoms with Crippen LogP contribution < -0.4 is 0 Å². The van der Waals surface area contributed by atoms with Crippen molar-refractivity contribution in [1.29, 1.82) is 0 Å². The standard InChI is InChI=1S/C13H22ClN3O2/c1-4-10-13(14)11(17(5-2)15-10)9-16(3)8-6-7-12(18)19/h4-9H2,1-3H3,(H,18,19). The van der Waals surface area contributed by atoms with Gasteiger partial charge in [0.25, 0.3) is 0 Å². The van der Waals surface area contributed by atoms with Gasteiger partial charge in [-0.3, -0.25) is 9.48 Å². The Kier molecular flexibility index (Phi) is 6.31. The molecule has 0 spiro atoms. The minimum Gasteiger partial charge on any atom is -0.481 e. The van der Waals surface area contributed by atoms with Gasteiger partial charge in [-0.2, -0.15) is 5.10 Å². The average molecular weight is 288 g/mol. The molecule has 0 aliphatic carbocycles. The third-order valence-corrected chi connectivity index (χ3v) is 3.48. The van der Waals surface area contributed by atoms with E-state index in [-0.39, 0.29) is 6.42 Å². The maximum Gasteiger partial charge on any atom is 0.303 e. The molecule has 6 heteroatoms. The fourth-order valence-electron chi connectivity index (χ4n) is 2.00. The van der Waals surface area contributed by atoms with Crippen LogP contribution in [0.3, 0.4) is 0 Å². The second-order valence-electron chi connectivity index (χ2n) is 4.61.